The molecule has 1 aromatic rings. The second-order valence-electron chi connectivity index (χ2n) is 3.06. The maximum atomic E-state index is 8.69. The van der Waals surface area contributed by atoms with E-state index in [4.69, 9.17) is 11.0 Å². The summed E-state index contributed by atoms with van der Waals surface area (Å²) in [5.41, 5.74) is 6.84. The normalized spacial score (nSPS) is 9.71. The van der Waals surface area contributed by atoms with Crippen LogP contribution < -0.4 is 5.73 Å². The molecule has 0 aliphatic heterocycles. The van der Waals surface area contributed by atoms with E-state index in [0.29, 0.717) is 11.3 Å². The van der Waals surface area contributed by atoms with Gasteiger partial charge in [-0.05, 0) is 30.4 Å². The summed E-state index contributed by atoms with van der Waals surface area (Å²) in [6, 6.07) is 7.66. The lowest BCUT2D eigenvalue weighted by Crippen LogP contribution is -1.90. The molecule has 0 saturated carbocycles. The number of nitrogens with zero attached hydrogens (tertiary/aromatic N) is 1. The third kappa shape index (κ3) is 2.97. The number of nitrogen functional groups attached to an aromatic ring is 1. The van der Waals surface area contributed by atoms with Gasteiger partial charge in [0.2, 0.25) is 0 Å². The Labute approximate surface area is 89.1 Å². The lowest BCUT2D eigenvalue weighted by Gasteiger charge is -2.02. The minimum Gasteiger partial charge on any atom is -0.398 e. The van der Waals surface area contributed by atoms with Gasteiger partial charge in [0.25, 0.3) is 0 Å². The van der Waals surface area contributed by atoms with Gasteiger partial charge in [-0.3, -0.25) is 0 Å². The molecule has 74 valence electrons. The van der Waals surface area contributed by atoms with E-state index in [2.05, 4.69) is 13.0 Å². The molecule has 0 unspecified atom stereocenters. The zero-order chi connectivity index (χ0) is 10.4. The molecule has 14 heavy (non-hydrogen) atoms. The van der Waals surface area contributed by atoms with Crippen LogP contribution in [0.1, 0.15) is 25.3 Å². The van der Waals surface area contributed by atoms with Crippen molar-refractivity contribution in [2.24, 2.45) is 0 Å². The molecule has 0 spiro atoms. The predicted molar refractivity (Wildman–Crippen MR) is 61.2 cm³/mol. The van der Waals surface area contributed by atoms with Gasteiger partial charge in [-0.1, -0.05) is 13.3 Å². The Balaban J connectivity index is 2.63. The lowest BCUT2D eigenvalue weighted by atomic mass is 10.2. The first kappa shape index (κ1) is 10.9. The quantitative estimate of drug-likeness (QED) is 0.468. The highest BCUT2D eigenvalue weighted by Crippen LogP contribution is 2.23. The first-order chi connectivity index (χ1) is 6.77. The molecule has 0 saturated heterocycles. The van der Waals surface area contributed by atoms with Gasteiger partial charge in [0, 0.05) is 4.90 Å². The molecule has 3 heteroatoms. The van der Waals surface area contributed by atoms with Crippen LogP contribution in [0.15, 0.2) is 23.1 Å². The summed E-state index contributed by atoms with van der Waals surface area (Å²) in [7, 11) is 0. The number of hydrogen-bond acceptors (Lipinski definition) is 3. The molecule has 0 aliphatic carbocycles. The van der Waals surface area contributed by atoms with Crippen molar-refractivity contribution in [3.8, 4) is 6.07 Å². The van der Waals surface area contributed by atoms with E-state index in [0.717, 1.165) is 10.6 Å². The highest BCUT2D eigenvalue weighted by atomic mass is 32.2. The Bertz CT molecular complexity index is 342. The van der Waals surface area contributed by atoms with Gasteiger partial charge in [0.05, 0.1) is 11.3 Å². The molecule has 0 aromatic heterocycles. The first-order valence-corrected chi connectivity index (χ1v) is 5.69. The fourth-order valence-corrected chi connectivity index (χ4v) is 2.11. The Morgan fingerprint density at radius 2 is 2.29 bits per heavy atom. The van der Waals surface area contributed by atoms with Crippen molar-refractivity contribution >= 4 is 17.4 Å². The van der Waals surface area contributed by atoms with Crippen LogP contribution in [0.25, 0.3) is 0 Å². The van der Waals surface area contributed by atoms with Gasteiger partial charge in [-0.15, -0.1) is 11.8 Å². The first-order valence-electron chi connectivity index (χ1n) is 4.70. The summed E-state index contributed by atoms with van der Waals surface area (Å²) in [5.74, 6) is 1.11. The van der Waals surface area contributed by atoms with Crippen LogP contribution in [0, 0.1) is 11.3 Å². The second kappa shape index (κ2) is 5.56. The number of benzene rings is 1. The van der Waals surface area contributed by atoms with Crippen LogP contribution >= 0.6 is 11.8 Å². The molecule has 1 rings (SSSR count). The molecule has 0 aliphatic rings. The molecule has 2 nitrogen and oxygen atoms in total. The van der Waals surface area contributed by atoms with E-state index in [1.165, 1.54) is 12.8 Å². The van der Waals surface area contributed by atoms with Crippen molar-refractivity contribution < 1.29 is 0 Å². The number of anilines is 1. The minimum atomic E-state index is 0.560. The summed E-state index contributed by atoms with van der Waals surface area (Å²) in [4.78, 5) is 1.15. The van der Waals surface area contributed by atoms with E-state index < -0.39 is 0 Å². The van der Waals surface area contributed by atoms with E-state index in [9.17, 15) is 0 Å². The number of thioether (sulfide) groups is 1. The maximum absolute atomic E-state index is 8.69. The van der Waals surface area contributed by atoms with Crippen LogP contribution in [0.3, 0.4) is 0 Å². The van der Waals surface area contributed by atoms with Crippen LogP contribution in [0.5, 0.6) is 0 Å². The fraction of sp³-hybridized carbons (Fsp3) is 0.364. The Hall–Kier alpha value is -1.14. The average Bonchev–Trinajstić information content (AvgIpc) is 2.18. The number of rotatable bonds is 4. The van der Waals surface area contributed by atoms with Crippen molar-refractivity contribution in [3.05, 3.63) is 23.8 Å². The third-order valence-electron chi connectivity index (χ3n) is 1.91. The predicted octanol–water partition coefficient (Wildman–Crippen LogP) is 3.03. The minimum absolute atomic E-state index is 0.560. The topological polar surface area (TPSA) is 49.8 Å². The summed E-state index contributed by atoms with van der Waals surface area (Å²) in [5, 5.41) is 8.69. The average molecular weight is 206 g/mol. The van der Waals surface area contributed by atoms with E-state index in [-0.39, 0.29) is 0 Å². The number of hydrogen-bond donors (Lipinski definition) is 1. The van der Waals surface area contributed by atoms with Crippen LogP contribution in [0.2, 0.25) is 0 Å². The molecular formula is C11H14N2S. The molecule has 2 N–H and O–H groups in total. The van der Waals surface area contributed by atoms with Gasteiger partial charge < -0.3 is 5.73 Å². The van der Waals surface area contributed by atoms with Crippen molar-refractivity contribution in [1.29, 1.82) is 5.26 Å². The lowest BCUT2D eigenvalue weighted by molar-refractivity contribution is 0.896. The van der Waals surface area contributed by atoms with E-state index >= 15 is 0 Å². The molecule has 0 fully saturated rings. The van der Waals surface area contributed by atoms with E-state index in [1.54, 1.807) is 17.8 Å². The maximum Gasteiger partial charge on any atom is 0.101 e. The molecule has 0 amide bonds. The van der Waals surface area contributed by atoms with Crippen LogP contribution in [-0.2, 0) is 0 Å². The van der Waals surface area contributed by atoms with Gasteiger partial charge >= 0.3 is 0 Å². The molecule has 0 bridgehead atoms. The zero-order valence-electron chi connectivity index (χ0n) is 8.29. The summed E-state index contributed by atoms with van der Waals surface area (Å²) in [6.07, 6.45) is 2.42. The van der Waals surface area contributed by atoms with E-state index in [1.807, 2.05) is 12.1 Å². The Kier molecular flexibility index (Phi) is 4.34. The van der Waals surface area contributed by atoms with Crippen molar-refractivity contribution in [2.75, 3.05) is 11.5 Å². The van der Waals surface area contributed by atoms with Crippen molar-refractivity contribution in [1.82, 2.24) is 0 Å². The SMILES string of the molecule is CCCCSc1ccc(C#N)c(N)c1. The van der Waals surface area contributed by atoms with Crippen LogP contribution in [0.4, 0.5) is 5.69 Å². The van der Waals surface area contributed by atoms with Gasteiger partial charge in [0.15, 0.2) is 0 Å². The fourth-order valence-electron chi connectivity index (χ4n) is 1.07. The standard InChI is InChI=1S/C11H14N2S/c1-2-3-6-14-10-5-4-9(8-12)11(13)7-10/h4-5,7H,2-3,6,13H2,1H3. The molecular weight excluding hydrogens is 192 g/mol. The highest BCUT2D eigenvalue weighted by molar-refractivity contribution is 7.99. The second-order valence-corrected chi connectivity index (χ2v) is 4.23. The molecule has 1 aromatic carbocycles. The van der Waals surface area contributed by atoms with Crippen molar-refractivity contribution in [3.63, 3.8) is 0 Å². The Morgan fingerprint density at radius 1 is 1.50 bits per heavy atom. The largest absolute Gasteiger partial charge is 0.398 e. The van der Waals surface area contributed by atoms with Crippen molar-refractivity contribution in [2.45, 2.75) is 24.7 Å². The number of nitriles is 1. The highest BCUT2D eigenvalue weighted by Gasteiger charge is 1.99. The number of unbranched alkanes of at least 4 members (excludes halogenated alkanes) is 1. The zero-order valence-corrected chi connectivity index (χ0v) is 9.10. The van der Waals surface area contributed by atoms with Gasteiger partial charge in [-0.2, -0.15) is 5.26 Å². The smallest absolute Gasteiger partial charge is 0.101 e. The molecule has 0 atom stereocenters. The van der Waals surface area contributed by atoms with Gasteiger partial charge in [-0.25, -0.2) is 0 Å². The summed E-state index contributed by atoms with van der Waals surface area (Å²) >= 11 is 1.79. The summed E-state index contributed by atoms with van der Waals surface area (Å²) in [6.45, 7) is 2.17. The van der Waals surface area contributed by atoms with Crippen LogP contribution in [-0.4, -0.2) is 5.75 Å². The Morgan fingerprint density at radius 3 is 2.86 bits per heavy atom. The number of nitrogens with two attached hydrogens (primary N) is 1. The third-order valence-corrected chi connectivity index (χ3v) is 2.99. The molecule has 0 heterocycles. The van der Waals surface area contributed by atoms with Gasteiger partial charge in [0.1, 0.15) is 6.07 Å². The summed E-state index contributed by atoms with van der Waals surface area (Å²) < 4.78 is 0. The monoisotopic (exact) mass is 206 g/mol. The molecule has 0 radical (unpaired) electrons.